The van der Waals surface area contributed by atoms with Gasteiger partial charge in [-0.1, -0.05) is 30.3 Å². The van der Waals surface area contributed by atoms with E-state index >= 15 is 0 Å². The monoisotopic (exact) mass is 365 g/mol. The predicted octanol–water partition coefficient (Wildman–Crippen LogP) is 2.90. The molecule has 27 heavy (non-hydrogen) atoms. The third-order valence-electron chi connectivity index (χ3n) is 5.47. The maximum Gasteiger partial charge on any atom is 0.237 e. The standard InChI is InChI=1S/C22H27N3O2/c1-27-20-8-6-17(7-9-20)14-25-13-3-12-24(16-21(25)26)15-19-5-2-4-18-10-11-23-22(18)19/h2,4-9,23H,3,10-16H2,1H3. The number of benzene rings is 2. The van der Waals surface area contributed by atoms with Gasteiger partial charge in [-0.3, -0.25) is 9.69 Å². The lowest BCUT2D eigenvalue weighted by molar-refractivity contribution is -0.131. The van der Waals surface area contributed by atoms with Crippen molar-refractivity contribution in [1.82, 2.24) is 9.80 Å². The third-order valence-corrected chi connectivity index (χ3v) is 5.47. The van der Waals surface area contributed by atoms with Gasteiger partial charge in [0.15, 0.2) is 0 Å². The van der Waals surface area contributed by atoms with E-state index in [9.17, 15) is 4.79 Å². The van der Waals surface area contributed by atoms with Crippen LogP contribution < -0.4 is 10.1 Å². The number of carbonyl (C=O) groups excluding carboxylic acids is 1. The van der Waals surface area contributed by atoms with Crippen LogP contribution in [0.5, 0.6) is 5.75 Å². The molecular formula is C22H27N3O2. The van der Waals surface area contributed by atoms with Crippen LogP contribution in [0.1, 0.15) is 23.1 Å². The Morgan fingerprint density at radius 1 is 1.07 bits per heavy atom. The Kier molecular flexibility index (Phi) is 5.30. The van der Waals surface area contributed by atoms with Crippen LogP contribution in [0.3, 0.4) is 0 Å². The molecule has 5 nitrogen and oxygen atoms in total. The number of carbonyl (C=O) groups is 1. The molecule has 1 amide bonds. The van der Waals surface area contributed by atoms with Gasteiger partial charge < -0.3 is 15.0 Å². The average molecular weight is 365 g/mol. The van der Waals surface area contributed by atoms with E-state index in [1.807, 2.05) is 29.2 Å². The summed E-state index contributed by atoms with van der Waals surface area (Å²) in [6.07, 6.45) is 2.10. The van der Waals surface area contributed by atoms with Crippen molar-refractivity contribution < 1.29 is 9.53 Å². The molecule has 0 atom stereocenters. The lowest BCUT2D eigenvalue weighted by atomic mass is 10.1. The van der Waals surface area contributed by atoms with Crippen molar-refractivity contribution >= 4 is 11.6 Å². The number of hydrogen-bond donors (Lipinski definition) is 1. The second-order valence-corrected chi connectivity index (χ2v) is 7.36. The summed E-state index contributed by atoms with van der Waals surface area (Å²) >= 11 is 0. The van der Waals surface area contributed by atoms with E-state index in [0.717, 1.165) is 50.3 Å². The number of hydrogen-bond acceptors (Lipinski definition) is 4. The smallest absolute Gasteiger partial charge is 0.237 e. The normalized spacial score (nSPS) is 17.4. The number of nitrogens with one attached hydrogen (secondary N) is 1. The highest BCUT2D eigenvalue weighted by molar-refractivity contribution is 5.78. The van der Waals surface area contributed by atoms with Gasteiger partial charge in [-0.2, -0.15) is 0 Å². The van der Waals surface area contributed by atoms with Gasteiger partial charge >= 0.3 is 0 Å². The molecule has 0 aromatic heterocycles. The molecule has 0 radical (unpaired) electrons. The van der Waals surface area contributed by atoms with Crippen LogP contribution in [0, 0.1) is 0 Å². The summed E-state index contributed by atoms with van der Waals surface area (Å²) in [5.74, 6) is 1.06. The van der Waals surface area contributed by atoms with E-state index < -0.39 is 0 Å². The summed E-state index contributed by atoms with van der Waals surface area (Å²) < 4.78 is 5.21. The molecule has 0 bridgehead atoms. The molecule has 0 saturated carbocycles. The molecule has 0 aliphatic carbocycles. The number of para-hydroxylation sites is 1. The summed E-state index contributed by atoms with van der Waals surface area (Å²) in [4.78, 5) is 17.1. The molecule has 142 valence electrons. The predicted molar refractivity (Wildman–Crippen MR) is 107 cm³/mol. The lowest BCUT2D eigenvalue weighted by Gasteiger charge is -2.22. The van der Waals surface area contributed by atoms with E-state index in [4.69, 9.17) is 4.74 Å². The van der Waals surface area contributed by atoms with Crippen molar-refractivity contribution in [1.29, 1.82) is 0 Å². The largest absolute Gasteiger partial charge is 0.497 e. The van der Waals surface area contributed by atoms with Crippen molar-refractivity contribution in [2.24, 2.45) is 0 Å². The molecule has 2 aromatic carbocycles. The number of fused-ring (bicyclic) bond motifs is 1. The van der Waals surface area contributed by atoms with Gasteiger partial charge in [0.1, 0.15) is 5.75 Å². The van der Waals surface area contributed by atoms with Crippen LogP contribution in [0.15, 0.2) is 42.5 Å². The number of methoxy groups -OCH3 is 1. The van der Waals surface area contributed by atoms with Crippen LogP contribution in [0.2, 0.25) is 0 Å². The molecule has 1 N–H and O–H groups in total. The molecule has 0 unspecified atom stereocenters. The summed E-state index contributed by atoms with van der Waals surface area (Å²) in [6, 6.07) is 14.5. The van der Waals surface area contributed by atoms with Crippen LogP contribution >= 0.6 is 0 Å². The van der Waals surface area contributed by atoms with Crippen molar-refractivity contribution in [2.45, 2.75) is 25.9 Å². The number of rotatable bonds is 5. The first-order valence-electron chi connectivity index (χ1n) is 9.70. The van der Waals surface area contributed by atoms with Crippen LogP contribution in [0.25, 0.3) is 0 Å². The molecule has 4 rings (SSSR count). The maximum atomic E-state index is 12.8. The van der Waals surface area contributed by atoms with Crippen molar-refractivity contribution in [3.05, 3.63) is 59.2 Å². The minimum Gasteiger partial charge on any atom is -0.497 e. The molecular weight excluding hydrogens is 338 g/mol. The van der Waals surface area contributed by atoms with Crippen LogP contribution in [-0.2, 0) is 24.3 Å². The lowest BCUT2D eigenvalue weighted by Crippen LogP contribution is -2.36. The first-order valence-corrected chi connectivity index (χ1v) is 9.70. The minimum absolute atomic E-state index is 0.212. The van der Waals surface area contributed by atoms with Gasteiger partial charge in [-0.05, 0) is 41.7 Å². The highest BCUT2D eigenvalue weighted by Crippen LogP contribution is 2.27. The maximum absolute atomic E-state index is 12.8. The highest BCUT2D eigenvalue weighted by atomic mass is 16.5. The number of anilines is 1. The van der Waals surface area contributed by atoms with Gasteiger partial charge in [0.25, 0.3) is 0 Å². The third kappa shape index (κ3) is 4.08. The fraction of sp³-hybridized carbons (Fsp3) is 0.409. The summed E-state index contributed by atoms with van der Waals surface area (Å²) in [6.45, 7) is 4.76. The van der Waals surface area contributed by atoms with Gasteiger partial charge in [0.05, 0.1) is 13.7 Å². The summed E-state index contributed by atoms with van der Waals surface area (Å²) in [5, 5.41) is 3.50. The molecule has 1 saturated heterocycles. The van der Waals surface area contributed by atoms with Gasteiger partial charge in [0.2, 0.25) is 5.91 Å². The number of nitrogens with zero attached hydrogens (tertiary/aromatic N) is 2. The van der Waals surface area contributed by atoms with E-state index in [1.165, 1.54) is 16.8 Å². The Morgan fingerprint density at radius 3 is 2.74 bits per heavy atom. The van der Waals surface area contributed by atoms with Crippen LogP contribution in [-0.4, -0.2) is 49.0 Å². The van der Waals surface area contributed by atoms with Crippen LogP contribution in [0.4, 0.5) is 5.69 Å². The Bertz CT molecular complexity index is 804. The zero-order valence-corrected chi connectivity index (χ0v) is 15.9. The van der Waals surface area contributed by atoms with Crippen molar-refractivity contribution in [3.63, 3.8) is 0 Å². The van der Waals surface area contributed by atoms with Gasteiger partial charge in [0, 0.05) is 38.4 Å². The zero-order valence-electron chi connectivity index (χ0n) is 15.9. The van der Waals surface area contributed by atoms with Gasteiger partial charge in [-0.25, -0.2) is 0 Å². The second-order valence-electron chi connectivity index (χ2n) is 7.36. The molecule has 0 spiro atoms. The summed E-state index contributed by atoms with van der Waals surface area (Å²) in [5.41, 5.74) is 5.13. The molecule has 2 aliphatic heterocycles. The second kappa shape index (κ2) is 8.01. The number of amides is 1. The van der Waals surface area contributed by atoms with E-state index in [0.29, 0.717) is 13.1 Å². The van der Waals surface area contributed by atoms with E-state index in [1.54, 1.807) is 7.11 Å². The first kappa shape index (κ1) is 17.9. The van der Waals surface area contributed by atoms with E-state index in [2.05, 4.69) is 28.4 Å². The quantitative estimate of drug-likeness (QED) is 0.885. The Morgan fingerprint density at radius 2 is 1.93 bits per heavy atom. The fourth-order valence-electron chi connectivity index (χ4n) is 4.02. The average Bonchev–Trinajstić information content (AvgIpc) is 3.10. The minimum atomic E-state index is 0.212. The fourth-order valence-corrected chi connectivity index (χ4v) is 4.02. The van der Waals surface area contributed by atoms with Gasteiger partial charge in [-0.15, -0.1) is 0 Å². The SMILES string of the molecule is COc1ccc(CN2CCCN(Cc3cccc4c3NCC4)CC2=O)cc1. The Balaban J connectivity index is 1.40. The number of ether oxygens (including phenoxy) is 1. The topological polar surface area (TPSA) is 44.8 Å². The zero-order chi connectivity index (χ0) is 18.6. The molecule has 1 fully saturated rings. The molecule has 5 heteroatoms. The highest BCUT2D eigenvalue weighted by Gasteiger charge is 2.23. The summed E-state index contributed by atoms with van der Waals surface area (Å²) in [7, 11) is 1.67. The van der Waals surface area contributed by atoms with E-state index in [-0.39, 0.29) is 5.91 Å². The van der Waals surface area contributed by atoms with Crippen molar-refractivity contribution in [3.8, 4) is 5.75 Å². The molecule has 2 aliphatic rings. The Labute approximate surface area is 160 Å². The van der Waals surface area contributed by atoms with Crippen molar-refractivity contribution in [2.75, 3.05) is 38.6 Å². The molecule has 2 aromatic rings. The molecule has 2 heterocycles. The Hall–Kier alpha value is -2.53. The first-order chi connectivity index (χ1) is 13.2.